The third-order valence-corrected chi connectivity index (χ3v) is 4.46. The Labute approximate surface area is 154 Å². The van der Waals surface area contributed by atoms with Crippen LogP contribution in [0.2, 0.25) is 0 Å². The van der Waals surface area contributed by atoms with Gasteiger partial charge in [0, 0.05) is 32.0 Å². The standard InChI is InChI=1S/C20H25N3O3/c1-22-12-19(26-15-17-7-9-21-10-8-17)13-23(20(24)14-22)11-16-3-5-18(25-2)6-4-16/h3-10,19H,11-15H2,1-2H3. The van der Waals surface area contributed by atoms with Gasteiger partial charge in [-0.15, -0.1) is 0 Å². The van der Waals surface area contributed by atoms with E-state index in [1.54, 1.807) is 19.5 Å². The molecule has 3 rings (SSSR count). The van der Waals surface area contributed by atoms with Crippen LogP contribution in [-0.2, 0) is 22.7 Å². The summed E-state index contributed by atoms with van der Waals surface area (Å²) in [7, 11) is 3.60. The van der Waals surface area contributed by atoms with Crippen molar-refractivity contribution in [2.24, 2.45) is 0 Å². The lowest BCUT2D eigenvalue weighted by atomic mass is 10.2. The fraction of sp³-hybridized carbons (Fsp3) is 0.400. The highest BCUT2D eigenvalue weighted by Crippen LogP contribution is 2.16. The topological polar surface area (TPSA) is 54.9 Å². The quantitative estimate of drug-likeness (QED) is 0.793. The molecule has 1 fully saturated rings. The first-order valence-electron chi connectivity index (χ1n) is 8.74. The van der Waals surface area contributed by atoms with Gasteiger partial charge < -0.3 is 14.4 Å². The molecule has 26 heavy (non-hydrogen) atoms. The van der Waals surface area contributed by atoms with Gasteiger partial charge in [0.2, 0.25) is 5.91 Å². The minimum Gasteiger partial charge on any atom is -0.497 e. The predicted octanol–water partition coefficient (Wildman–Crippen LogP) is 1.95. The zero-order valence-corrected chi connectivity index (χ0v) is 15.3. The van der Waals surface area contributed by atoms with Crippen LogP contribution in [0.5, 0.6) is 5.75 Å². The van der Waals surface area contributed by atoms with Gasteiger partial charge in [0.05, 0.1) is 26.4 Å². The van der Waals surface area contributed by atoms with Crippen LogP contribution in [0.1, 0.15) is 11.1 Å². The van der Waals surface area contributed by atoms with Crippen molar-refractivity contribution >= 4 is 5.91 Å². The zero-order valence-electron chi connectivity index (χ0n) is 15.3. The van der Waals surface area contributed by atoms with Crippen molar-refractivity contribution in [2.75, 3.05) is 33.8 Å². The number of amides is 1. The lowest BCUT2D eigenvalue weighted by Crippen LogP contribution is -2.37. The van der Waals surface area contributed by atoms with E-state index in [0.717, 1.165) is 23.4 Å². The third-order valence-electron chi connectivity index (χ3n) is 4.46. The highest BCUT2D eigenvalue weighted by Gasteiger charge is 2.26. The Bertz CT molecular complexity index is 706. The average Bonchev–Trinajstić information content (AvgIpc) is 2.79. The molecule has 1 aliphatic heterocycles. The number of hydrogen-bond acceptors (Lipinski definition) is 5. The second-order valence-electron chi connectivity index (χ2n) is 6.61. The normalized spacial score (nSPS) is 18.6. The highest BCUT2D eigenvalue weighted by molar-refractivity contribution is 5.78. The van der Waals surface area contributed by atoms with Crippen LogP contribution in [0.15, 0.2) is 48.8 Å². The lowest BCUT2D eigenvalue weighted by molar-refractivity contribution is -0.132. The molecule has 0 bridgehead atoms. The van der Waals surface area contributed by atoms with Gasteiger partial charge in [0.1, 0.15) is 5.75 Å². The Kier molecular flexibility index (Phi) is 6.20. The fourth-order valence-electron chi connectivity index (χ4n) is 3.05. The van der Waals surface area contributed by atoms with Crippen molar-refractivity contribution in [1.82, 2.24) is 14.8 Å². The van der Waals surface area contributed by atoms with Gasteiger partial charge >= 0.3 is 0 Å². The van der Waals surface area contributed by atoms with Gasteiger partial charge in [0.15, 0.2) is 0 Å². The summed E-state index contributed by atoms with van der Waals surface area (Å²) in [6, 6.07) is 11.7. The van der Waals surface area contributed by atoms with E-state index in [-0.39, 0.29) is 12.0 Å². The van der Waals surface area contributed by atoms with Crippen LogP contribution in [0.3, 0.4) is 0 Å². The lowest BCUT2D eigenvalue weighted by Gasteiger charge is -2.24. The molecule has 0 saturated carbocycles. The molecule has 1 amide bonds. The molecule has 0 radical (unpaired) electrons. The summed E-state index contributed by atoms with van der Waals surface area (Å²) in [5.41, 5.74) is 2.16. The van der Waals surface area contributed by atoms with Crippen molar-refractivity contribution < 1.29 is 14.3 Å². The number of carbonyl (C=O) groups excluding carboxylic acids is 1. The Hall–Kier alpha value is -2.44. The highest BCUT2D eigenvalue weighted by atomic mass is 16.5. The van der Waals surface area contributed by atoms with Crippen LogP contribution in [0, 0.1) is 0 Å². The molecule has 1 atom stereocenters. The molecule has 2 aromatic rings. The van der Waals surface area contributed by atoms with Crippen molar-refractivity contribution in [1.29, 1.82) is 0 Å². The molecule has 2 heterocycles. The second kappa shape index (κ2) is 8.78. The third kappa shape index (κ3) is 5.03. The maximum Gasteiger partial charge on any atom is 0.237 e. The minimum atomic E-state index is -0.0298. The number of hydrogen-bond donors (Lipinski definition) is 0. The monoisotopic (exact) mass is 355 g/mol. The van der Waals surface area contributed by atoms with Gasteiger partial charge in [-0.1, -0.05) is 12.1 Å². The molecule has 1 aliphatic rings. The molecule has 1 aromatic heterocycles. The molecule has 0 aliphatic carbocycles. The van der Waals surface area contributed by atoms with Crippen molar-refractivity contribution in [3.05, 3.63) is 59.9 Å². The molecule has 138 valence electrons. The summed E-state index contributed by atoms with van der Waals surface area (Å²) < 4.78 is 11.3. The van der Waals surface area contributed by atoms with Gasteiger partial charge in [-0.25, -0.2) is 0 Å². The number of methoxy groups -OCH3 is 1. The summed E-state index contributed by atoms with van der Waals surface area (Å²) in [5.74, 6) is 0.938. The van der Waals surface area contributed by atoms with Gasteiger partial charge in [-0.3, -0.25) is 14.7 Å². The van der Waals surface area contributed by atoms with Crippen molar-refractivity contribution in [2.45, 2.75) is 19.3 Å². The number of aromatic nitrogens is 1. The second-order valence-corrected chi connectivity index (χ2v) is 6.61. The van der Waals surface area contributed by atoms with Crippen LogP contribution in [-0.4, -0.2) is 60.6 Å². The summed E-state index contributed by atoms with van der Waals surface area (Å²) in [4.78, 5) is 20.5. The first-order chi connectivity index (χ1) is 12.6. The van der Waals surface area contributed by atoms with E-state index in [4.69, 9.17) is 9.47 Å². The van der Waals surface area contributed by atoms with Crippen LogP contribution in [0.4, 0.5) is 0 Å². The first kappa shape index (κ1) is 18.4. The summed E-state index contributed by atoms with van der Waals surface area (Å²) in [6.45, 7) is 2.82. The molecule has 1 aromatic carbocycles. The number of carbonyl (C=O) groups is 1. The molecule has 1 saturated heterocycles. The van der Waals surface area contributed by atoms with E-state index in [2.05, 4.69) is 4.98 Å². The molecular weight excluding hydrogens is 330 g/mol. The van der Waals surface area contributed by atoms with Gasteiger partial charge in [-0.2, -0.15) is 0 Å². The Morgan fingerprint density at radius 3 is 2.50 bits per heavy atom. The predicted molar refractivity (Wildman–Crippen MR) is 98.7 cm³/mol. The Morgan fingerprint density at radius 1 is 1.08 bits per heavy atom. The molecule has 6 nitrogen and oxygen atoms in total. The Balaban J connectivity index is 1.64. The smallest absolute Gasteiger partial charge is 0.237 e. The first-order valence-corrected chi connectivity index (χ1v) is 8.74. The van der Waals surface area contributed by atoms with E-state index in [9.17, 15) is 4.79 Å². The van der Waals surface area contributed by atoms with Crippen LogP contribution in [0.25, 0.3) is 0 Å². The van der Waals surface area contributed by atoms with Crippen LogP contribution < -0.4 is 4.74 Å². The van der Waals surface area contributed by atoms with E-state index in [1.165, 1.54) is 0 Å². The maximum atomic E-state index is 12.6. The van der Waals surface area contributed by atoms with E-state index >= 15 is 0 Å². The number of ether oxygens (including phenoxy) is 2. The van der Waals surface area contributed by atoms with Gasteiger partial charge in [0.25, 0.3) is 0 Å². The van der Waals surface area contributed by atoms with E-state index in [0.29, 0.717) is 26.2 Å². The van der Waals surface area contributed by atoms with Gasteiger partial charge in [-0.05, 0) is 42.4 Å². The maximum absolute atomic E-state index is 12.6. The molecular formula is C20H25N3O3. The number of benzene rings is 1. The molecule has 0 spiro atoms. The SMILES string of the molecule is COc1ccc(CN2CC(OCc3ccncc3)CN(C)CC2=O)cc1. The molecule has 0 N–H and O–H groups in total. The largest absolute Gasteiger partial charge is 0.497 e. The zero-order chi connectivity index (χ0) is 18.4. The summed E-state index contributed by atoms with van der Waals surface area (Å²) >= 11 is 0. The number of pyridine rings is 1. The van der Waals surface area contributed by atoms with E-state index in [1.807, 2.05) is 53.2 Å². The number of rotatable bonds is 6. The van der Waals surface area contributed by atoms with Crippen LogP contribution >= 0.6 is 0 Å². The summed E-state index contributed by atoms with van der Waals surface area (Å²) in [6.07, 6.45) is 3.49. The number of likely N-dealkylation sites (N-methyl/N-ethyl adjacent to an activating group) is 1. The fourth-order valence-corrected chi connectivity index (χ4v) is 3.05. The van der Waals surface area contributed by atoms with Crippen molar-refractivity contribution in [3.8, 4) is 5.75 Å². The Morgan fingerprint density at radius 2 is 1.81 bits per heavy atom. The van der Waals surface area contributed by atoms with E-state index < -0.39 is 0 Å². The molecule has 1 unspecified atom stereocenters. The van der Waals surface area contributed by atoms with Crippen molar-refractivity contribution in [3.63, 3.8) is 0 Å². The number of nitrogens with zero attached hydrogens (tertiary/aromatic N) is 3. The minimum absolute atomic E-state index is 0.0298. The summed E-state index contributed by atoms with van der Waals surface area (Å²) in [5, 5.41) is 0. The average molecular weight is 355 g/mol. The molecule has 6 heteroatoms.